The Morgan fingerprint density at radius 3 is 2.32 bits per heavy atom. The van der Waals surface area contributed by atoms with E-state index >= 15 is 0 Å². The van der Waals surface area contributed by atoms with Crippen molar-refractivity contribution < 1.29 is 36.6 Å². The molecule has 0 aliphatic rings. The van der Waals surface area contributed by atoms with Gasteiger partial charge in [-0.05, 0) is 49.4 Å². The van der Waals surface area contributed by atoms with Gasteiger partial charge in [-0.15, -0.1) is 4.40 Å². The molecule has 0 radical (unpaired) electrons. The minimum Gasteiger partial charge on any atom is -0.506 e. The molecule has 1 aromatic heterocycles. The van der Waals surface area contributed by atoms with E-state index in [1.165, 1.54) is 0 Å². The van der Waals surface area contributed by atoms with E-state index < -0.39 is 72.6 Å². The number of halogens is 3. The zero-order valence-corrected chi connectivity index (χ0v) is 20.3. The second-order valence-electron chi connectivity index (χ2n) is 8.13. The van der Waals surface area contributed by atoms with Crippen molar-refractivity contribution in [1.82, 2.24) is 9.97 Å². The number of aliphatic hydroxyl groups is 2. The van der Waals surface area contributed by atoms with Gasteiger partial charge in [-0.2, -0.15) is 8.42 Å². The second-order valence-corrected chi connectivity index (χ2v) is 9.70. The van der Waals surface area contributed by atoms with Crippen molar-refractivity contribution in [3.8, 4) is 0 Å². The van der Waals surface area contributed by atoms with E-state index in [4.69, 9.17) is 5.73 Å². The summed E-state index contributed by atoms with van der Waals surface area (Å²) in [5.74, 6) is -6.20. The number of H-pyrrole nitrogens is 1. The molecule has 9 nitrogen and oxygen atoms in total. The number of benzene rings is 3. The molecule has 5 N–H and O–H groups in total. The maximum Gasteiger partial charge on any atom is 0.286 e. The summed E-state index contributed by atoms with van der Waals surface area (Å²) in [5, 5.41) is 20.5. The Kier molecular flexibility index (Phi) is 7.07. The van der Waals surface area contributed by atoms with E-state index in [1.54, 1.807) is 24.3 Å². The van der Waals surface area contributed by atoms with Gasteiger partial charge in [-0.3, -0.25) is 4.79 Å². The number of hydrogen-bond acceptors (Lipinski definition) is 6. The Balaban J connectivity index is 1.93. The number of nitrogens with zero attached hydrogens (tertiary/aromatic N) is 2. The first-order chi connectivity index (χ1) is 17.9. The number of sulfonamides is 1. The summed E-state index contributed by atoms with van der Waals surface area (Å²) in [6, 6.07) is 11.0. The van der Waals surface area contributed by atoms with Gasteiger partial charge >= 0.3 is 0 Å². The molecule has 38 heavy (non-hydrogen) atoms. The molecule has 196 valence electrons. The summed E-state index contributed by atoms with van der Waals surface area (Å²) in [7, 11) is -4.81. The van der Waals surface area contributed by atoms with Crippen LogP contribution in [0, 0.1) is 17.5 Å². The Hall–Kier alpha value is -4.49. The smallest absolute Gasteiger partial charge is 0.286 e. The predicted molar refractivity (Wildman–Crippen MR) is 133 cm³/mol. The molecular weight excluding hydrogens is 525 g/mol. The third-order valence-corrected chi connectivity index (χ3v) is 6.67. The van der Waals surface area contributed by atoms with Gasteiger partial charge in [0.1, 0.15) is 51.4 Å². The molecule has 0 saturated carbocycles. The summed E-state index contributed by atoms with van der Waals surface area (Å²) < 4.78 is 70.8. The van der Waals surface area contributed by atoms with Crippen molar-refractivity contribution in [2.75, 3.05) is 0 Å². The Morgan fingerprint density at radius 2 is 1.68 bits per heavy atom. The average molecular weight is 545 g/mol. The molecule has 0 amide bonds. The average Bonchev–Trinajstić information content (AvgIpc) is 3.26. The molecule has 0 spiro atoms. The van der Waals surface area contributed by atoms with Gasteiger partial charge in [-0.25, -0.2) is 18.2 Å². The standard InChI is InChI=1S/C25H19F3N4O5S/c1-12(33)24(29)32-38(36,37)20-10-13(6-7-17(20)28)22(34)21(23(35)14-8-15(26)11-16(27)9-14)25-30-18-4-2-3-5-19(18)31-25/h2-12,33,35H,1H3,(H2,29,32)(H,30,31)/t12-/m1/s1. The molecule has 0 bridgehead atoms. The first-order valence-electron chi connectivity index (χ1n) is 10.8. The van der Waals surface area contributed by atoms with E-state index in [0.717, 1.165) is 25.1 Å². The van der Waals surface area contributed by atoms with Crippen LogP contribution in [-0.4, -0.2) is 46.3 Å². The fourth-order valence-corrected chi connectivity index (χ4v) is 4.60. The van der Waals surface area contributed by atoms with E-state index in [-0.39, 0.29) is 5.82 Å². The summed E-state index contributed by atoms with van der Waals surface area (Å²) in [5.41, 5.74) is 4.82. The molecule has 0 fully saturated rings. The number of allylic oxidation sites excluding steroid dienone is 1. The van der Waals surface area contributed by atoms with Crippen molar-refractivity contribution in [2.24, 2.45) is 10.1 Å². The third kappa shape index (κ3) is 5.28. The number of hydrogen-bond donors (Lipinski definition) is 4. The van der Waals surface area contributed by atoms with Gasteiger partial charge in [-0.1, -0.05) is 12.1 Å². The maximum atomic E-state index is 14.5. The first-order valence-corrected chi connectivity index (χ1v) is 12.3. The summed E-state index contributed by atoms with van der Waals surface area (Å²) in [6.45, 7) is 1.15. The SMILES string of the molecule is C[C@@H](O)C(N)=NS(=O)(=O)c1cc(C(=O)C(=C(O)c2cc(F)cc(F)c2)c2nc3ccccc3[nH]2)ccc1F. The van der Waals surface area contributed by atoms with Crippen LogP contribution in [0.4, 0.5) is 13.2 Å². The molecule has 1 heterocycles. The molecule has 3 aromatic carbocycles. The number of rotatable bonds is 7. The van der Waals surface area contributed by atoms with Crippen molar-refractivity contribution in [3.63, 3.8) is 0 Å². The molecule has 0 saturated heterocycles. The Labute approximate surface area is 213 Å². The minimum absolute atomic E-state index is 0.205. The fourth-order valence-electron chi connectivity index (χ4n) is 3.48. The lowest BCUT2D eigenvalue weighted by molar-refractivity contribution is 0.105. The molecule has 4 aromatic rings. The highest BCUT2D eigenvalue weighted by molar-refractivity contribution is 7.90. The number of para-hydroxylation sites is 2. The number of amidine groups is 1. The minimum atomic E-state index is -4.81. The Bertz CT molecular complexity index is 1690. The number of aromatic amines is 1. The number of fused-ring (bicyclic) bond motifs is 1. The maximum absolute atomic E-state index is 14.5. The normalized spacial score (nSPS) is 13.9. The molecule has 0 aliphatic carbocycles. The first kappa shape index (κ1) is 26.6. The lowest BCUT2D eigenvalue weighted by Crippen LogP contribution is -2.27. The molecule has 13 heteroatoms. The number of carbonyl (C=O) groups excluding carboxylic acids is 1. The van der Waals surface area contributed by atoms with Crippen molar-refractivity contribution in [2.45, 2.75) is 17.9 Å². The quantitative estimate of drug-likeness (QED) is 0.0907. The number of aromatic nitrogens is 2. The van der Waals surface area contributed by atoms with Crippen molar-refractivity contribution >= 4 is 44.0 Å². The highest BCUT2D eigenvalue weighted by atomic mass is 32.2. The molecule has 0 unspecified atom stereocenters. The van der Waals surface area contributed by atoms with Crippen LogP contribution in [0.1, 0.15) is 28.7 Å². The lowest BCUT2D eigenvalue weighted by Gasteiger charge is -2.11. The monoisotopic (exact) mass is 544 g/mol. The van der Waals surface area contributed by atoms with E-state index in [2.05, 4.69) is 14.4 Å². The zero-order valence-electron chi connectivity index (χ0n) is 19.5. The van der Waals surface area contributed by atoms with Crippen LogP contribution >= 0.6 is 0 Å². The van der Waals surface area contributed by atoms with E-state index in [0.29, 0.717) is 29.2 Å². The van der Waals surface area contributed by atoms with Crippen LogP contribution in [0.3, 0.4) is 0 Å². The third-order valence-electron chi connectivity index (χ3n) is 5.35. The van der Waals surface area contributed by atoms with Gasteiger partial charge < -0.3 is 20.9 Å². The Morgan fingerprint density at radius 1 is 1.03 bits per heavy atom. The van der Waals surface area contributed by atoms with Gasteiger partial charge in [0.15, 0.2) is 0 Å². The molecular formula is C25H19F3N4O5S. The van der Waals surface area contributed by atoms with Crippen LogP contribution < -0.4 is 5.73 Å². The largest absolute Gasteiger partial charge is 0.506 e. The zero-order chi connectivity index (χ0) is 27.8. The van der Waals surface area contributed by atoms with Crippen LogP contribution in [0.25, 0.3) is 22.4 Å². The topological polar surface area (TPSA) is 159 Å². The van der Waals surface area contributed by atoms with Crippen molar-refractivity contribution in [1.29, 1.82) is 0 Å². The van der Waals surface area contributed by atoms with Gasteiger partial charge in [0, 0.05) is 17.2 Å². The number of imidazole rings is 1. The van der Waals surface area contributed by atoms with Crippen molar-refractivity contribution in [3.05, 3.63) is 95.1 Å². The number of aliphatic hydroxyl groups excluding tert-OH is 2. The second kappa shape index (κ2) is 10.1. The predicted octanol–water partition coefficient (Wildman–Crippen LogP) is 3.72. The number of carbonyl (C=O) groups is 1. The van der Waals surface area contributed by atoms with Crippen LogP contribution in [0.15, 0.2) is 70.0 Å². The molecule has 4 rings (SSSR count). The highest BCUT2D eigenvalue weighted by Crippen LogP contribution is 2.30. The lowest BCUT2D eigenvalue weighted by atomic mass is 9.98. The van der Waals surface area contributed by atoms with E-state index in [9.17, 15) is 36.6 Å². The number of ketones is 1. The molecule has 1 atom stereocenters. The number of Topliss-reactive ketones (excluding diaryl/α,β-unsaturated/α-hetero) is 1. The summed E-state index contributed by atoms with van der Waals surface area (Å²) in [4.78, 5) is 19.7. The van der Waals surface area contributed by atoms with Gasteiger partial charge in [0.05, 0.1) is 11.0 Å². The number of nitrogens with two attached hydrogens (primary N) is 1. The van der Waals surface area contributed by atoms with Crippen LogP contribution in [0.2, 0.25) is 0 Å². The molecule has 0 aliphatic heterocycles. The van der Waals surface area contributed by atoms with Crippen LogP contribution in [0.5, 0.6) is 0 Å². The van der Waals surface area contributed by atoms with Crippen LogP contribution in [-0.2, 0) is 10.0 Å². The van der Waals surface area contributed by atoms with Gasteiger partial charge in [0.25, 0.3) is 10.0 Å². The summed E-state index contributed by atoms with van der Waals surface area (Å²) >= 11 is 0. The van der Waals surface area contributed by atoms with Gasteiger partial charge in [0.2, 0.25) is 5.78 Å². The fraction of sp³-hybridized carbons (Fsp3) is 0.0800. The summed E-state index contributed by atoms with van der Waals surface area (Å²) in [6.07, 6.45) is -1.45. The van der Waals surface area contributed by atoms with E-state index in [1.807, 2.05) is 0 Å². The highest BCUT2D eigenvalue weighted by Gasteiger charge is 2.27. The number of nitrogens with one attached hydrogen (secondary N) is 1.